The van der Waals surface area contributed by atoms with Gasteiger partial charge in [0.05, 0.1) is 16.3 Å². The monoisotopic (exact) mass is 413 g/mol. The largest absolute Gasteiger partial charge is 0.337 e. The van der Waals surface area contributed by atoms with E-state index in [-0.39, 0.29) is 23.6 Å². The fraction of sp³-hybridized carbons (Fsp3) is 0.409. The van der Waals surface area contributed by atoms with Gasteiger partial charge in [-0.05, 0) is 62.8 Å². The summed E-state index contributed by atoms with van der Waals surface area (Å²) in [7, 11) is 0. The number of amides is 3. The summed E-state index contributed by atoms with van der Waals surface area (Å²) in [6.45, 7) is 5.22. The molecule has 0 saturated heterocycles. The number of benzene rings is 1. The average Bonchev–Trinajstić information content (AvgIpc) is 3.37. The molecule has 3 amide bonds. The van der Waals surface area contributed by atoms with E-state index in [0.717, 1.165) is 31.2 Å². The zero-order chi connectivity index (χ0) is 21.0. The second-order valence-corrected chi connectivity index (χ2v) is 8.98. The van der Waals surface area contributed by atoms with Gasteiger partial charge in [0.2, 0.25) is 11.8 Å². The molecule has 1 aliphatic rings. The molecule has 1 fully saturated rings. The van der Waals surface area contributed by atoms with Crippen molar-refractivity contribution >= 4 is 40.4 Å². The standard InChI is InChI=1S/C22H27N3O3S/c1-14-10-11-16(23-19(26)15-7-4-5-8-15)17(13-14)24-21(28)22(2,3)25-20(27)18-9-6-12-29-18/h6,9-13,15H,4-5,7-8H2,1-3H3,(H,23,26)(H,24,28)(H,25,27). The smallest absolute Gasteiger partial charge is 0.262 e. The number of thiophene rings is 1. The third kappa shape index (κ3) is 5.23. The minimum atomic E-state index is -1.13. The molecular weight excluding hydrogens is 386 g/mol. The summed E-state index contributed by atoms with van der Waals surface area (Å²) < 4.78 is 0. The molecule has 7 heteroatoms. The van der Waals surface area contributed by atoms with E-state index in [2.05, 4.69) is 16.0 Å². The van der Waals surface area contributed by atoms with Gasteiger partial charge in [-0.1, -0.05) is 25.0 Å². The van der Waals surface area contributed by atoms with Crippen LogP contribution in [-0.4, -0.2) is 23.3 Å². The van der Waals surface area contributed by atoms with Crippen molar-refractivity contribution in [1.29, 1.82) is 0 Å². The topological polar surface area (TPSA) is 87.3 Å². The first-order valence-corrected chi connectivity index (χ1v) is 10.7. The van der Waals surface area contributed by atoms with Crippen LogP contribution in [0.5, 0.6) is 0 Å². The lowest BCUT2D eigenvalue weighted by atomic mass is 10.0. The molecule has 154 valence electrons. The normalized spacial score (nSPS) is 14.4. The highest BCUT2D eigenvalue weighted by molar-refractivity contribution is 7.12. The maximum Gasteiger partial charge on any atom is 0.262 e. The number of anilines is 2. The molecule has 1 aromatic carbocycles. The molecular formula is C22H27N3O3S. The Morgan fingerprint density at radius 3 is 2.41 bits per heavy atom. The number of aryl methyl sites for hydroxylation is 1. The fourth-order valence-electron chi connectivity index (χ4n) is 3.38. The van der Waals surface area contributed by atoms with Crippen molar-refractivity contribution in [2.24, 2.45) is 5.92 Å². The van der Waals surface area contributed by atoms with Gasteiger partial charge < -0.3 is 16.0 Å². The quantitative estimate of drug-likeness (QED) is 0.659. The molecule has 29 heavy (non-hydrogen) atoms. The van der Waals surface area contributed by atoms with Crippen LogP contribution in [-0.2, 0) is 9.59 Å². The summed E-state index contributed by atoms with van der Waals surface area (Å²) >= 11 is 1.32. The number of nitrogens with one attached hydrogen (secondary N) is 3. The third-order valence-electron chi connectivity index (χ3n) is 5.15. The van der Waals surface area contributed by atoms with E-state index < -0.39 is 5.54 Å². The van der Waals surface area contributed by atoms with Gasteiger partial charge in [-0.25, -0.2) is 0 Å². The number of hydrogen-bond acceptors (Lipinski definition) is 4. The SMILES string of the molecule is Cc1ccc(NC(=O)C2CCCC2)c(NC(=O)C(C)(C)NC(=O)c2cccs2)c1. The molecule has 1 saturated carbocycles. The summed E-state index contributed by atoms with van der Waals surface area (Å²) in [6, 6.07) is 9.02. The molecule has 3 rings (SSSR count). The first-order chi connectivity index (χ1) is 13.8. The highest BCUT2D eigenvalue weighted by Gasteiger charge is 2.31. The zero-order valence-corrected chi connectivity index (χ0v) is 17.8. The van der Waals surface area contributed by atoms with Crippen LogP contribution in [0.4, 0.5) is 11.4 Å². The number of rotatable bonds is 6. The third-order valence-corrected chi connectivity index (χ3v) is 6.01. The number of hydrogen-bond donors (Lipinski definition) is 3. The van der Waals surface area contributed by atoms with Crippen LogP contribution in [0.15, 0.2) is 35.7 Å². The molecule has 6 nitrogen and oxygen atoms in total. The summed E-state index contributed by atoms with van der Waals surface area (Å²) in [5.41, 5.74) is 0.929. The molecule has 0 aliphatic heterocycles. The summed E-state index contributed by atoms with van der Waals surface area (Å²) in [4.78, 5) is 38.3. The van der Waals surface area contributed by atoms with Crippen LogP contribution in [0.3, 0.4) is 0 Å². The van der Waals surface area contributed by atoms with Gasteiger partial charge in [-0.15, -0.1) is 11.3 Å². The van der Waals surface area contributed by atoms with Crippen molar-refractivity contribution in [3.63, 3.8) is 0 Å². The fourth-order valence-corrected chi connectivity index (χ4v) is 4.00. The van der Waals surface area contributed by atoms with Crippen LogP contribution in [0.1, 0.15) is 54.8 Å². The van der Waals surface area contributed by atoms with Crippen molar-refractivity contribution in [3.8, 4) is 0 Å². The predicted octanol–water partition coefficient (Wildman–Crippen LogP) is 4.33. The highest BCUT2D eigenvalue weighted by Crippen LogP contribution is 2.29. The molecule has 0 spiro atoms. The Bertz CT molecular complexity index is 900. The van der Waals surface area contributed by atoms with Gasteiger partial charge in [-0.2, -0.15) is 0 Å². The highest BCUT2D eigenvalue weighted by atomic mass is 32.1. The minimum absolute atomic E-state index is 0.00731. The summed E-state index contributed by atoms with van der Waals surface area (Å²) in [5, 5.41) is 10.4. The Morgan fingerprint density at radius 1 is 1.03 bits per heavy atom. The molecule has 2 aromatic rings. The lowest BCUT2D eigenvalue weighted by molar-refractivity contribution is -0.121. The lowest BCUT2D eigenvalue weighted by Crippen LogP contribution is -2.52. The van der Waals surface area contributed by atoms with Crippen LogP contribution in [0, 0.1) is 12.8 Å². The van der Waals surface area contributed by atoms with Crippen molar-refractivity contribution in [3.05, 3.63) is 46.2 Å². The van der Waals surface area contributed by atoms with Crippen LogP contribution >= 0.6 is 11.3 Å². The second kappa shape index (κ2) is 8.78. The van der Waals surface area contributed by atoms with Crippen molar-refractivity contribution in [2.45, 2.75) is 52.0 Å². The molecule has 0 radical (unpaired) electrons. The Hall–Kier alpha value is -2.67. The number of carbonyl (C=O) groups excluding carboxylic acids is 3. The van der Waals surface area contributed by atoms with Crippen LogP contribution < -0.4 is 16.0 Å². The lowest BCUT2D eigenvalue weighted by Gasteiger charge is -2.26. The van der Waals surface area contributed by atoms with Crippen molar-refractivity contribution in [1.82, 2.24) is 5.32 Å². The second-order valence-electron chi connectivity index (χ2n) is 8.03. The summed E-state index contributed by atoms with van der Waals surface area (Å²) in [6.07, 6.45) is 3.96. The molecule has 1 aromatic heterocycles. The molecule has 0 bridgehead atoms. The van der Waals surface area contributed by atoms with Gasteiger partial charge in [0, 0.05) is 5.92 Å². The Kier molecular flexibility index (Phi) is 6.37. The molecule has 3 N–H and O–H groups in total. The van der Waals surface area contributed by atoms with E-state index in [1.807, 2.05) is 24.4 Å². The van der Waals surface area contributed by atoms with E-state index in [4.69, 9.17) is 0 Å². The minimum Gasteiger partial charge on any atom is -0.337 e. The maximum absolute atomic E-state index is 12.9. The Morgan fingerprint density at radius 2 is 1.76 bits per heavy atom. The van der Waals surface area contributed by atoms with Gasteiger partial charge in [-0.3, -0.25) is 14.4 Å². The zero-order valence-electron chi connectivity index (χ0n) is 17.0. The Balaban J connectivity index is 1.72. The van der Waals surface area contributed by atoms with Crippen LogP contribution in [0.2, 0.25) is 0 Å². The maximum atomic E-state index is 12.9. The molecule has 0 unspecified atom stereocenters. The van der Waals surface area contributed by atoms with E-state index in [1.54, 1.807) is 32.0 Å². The van der Waals surface area contributed by atoms with E-state index >= 15 is 0 Å². The van der Waals surface area contributed by atoms with Crippen molar-refractivity contribution in [2.75, 3.05) is 10.6 Å². The Labute approximate surface area is 175 Å². The summed E-state index contributed by atoms with van der Waals surface area (Å²) in [5.74, 6) is -0.628. The molecule has 1 heterocycles. The van der Waals surface area contributed by atoms with Gasteiger partial charge in [0.15, 0.2) is 0 Å². The molecule has 0 atom stereocenters. The van der Waals surface area contributed by atoms with Gasteiger partial charge in [0.25, 0.3) is 5.91 Å². The number of carbonyl (C=O) groups is 3. The molecule has 1 aliphatic carbocycles. The first kappa shape index (κ1) is 21.0. The predicted molar refractivity (Wildman–Crippen MR) is 116 cm³/mol. The van der Waals surface area contributed by atoms with Gasteiger partial charge >= 0.3 is 0 Å². The van der Waals surface area contributed by atoms with Gasteiger partial charge in [0.1, 0.15) is 5.54 Å². The first-order valence-electron chi connectivity index (χ1n) is 9.85. The van der Waals surface area contributed by atoms with Crippen molar-refractivity contribution < 1.29 is 14.4 Å². The van der Waals surface area contributed by atoms with E-state index in [9.17, 15) is 14.4 Å². The van der Waals surface area contributed by atoms with E-state index in [0.29, 0.717) is 16.3 Å². The average molecular weight is 414 g/mol. The van der Waals surface area contributed by atoms with E-state index in [1.165, 1.54) is 11.3 Å². The van der Waals surface area contributed by atoms with Crippen LogP contribution in [0.25, 0.3) is 0 Å².